The van der Waals surface area contributed by atoms with Crippen molar-refractivity contribution in [1.29, 1.82) is 0 Å². The summed E-state index contributed by atoms with van der Waals surface area (Å²) >= 11 is 0. The van der Waals surface area contributed by atoms with E-state index in [9.17, 15) is 0 Å². The summed E-state index contributed by atoms with van der Waals surface area (Å²) in [5, 5.41) is 0. The molecule has 1 rings (SSSR count). The highest BCUT2D eigenvalue weighted by molar-refractivity contribution is 4.93. The maximum absolute atomic E-state index is 6.59. The summed E-state index contributed by atoms with van der Waals surface area (Å²) in [5.74, 6) is 0.219. The maximum Gasteiger partial charge on any atom is 0.168 e. The molecule has 0 amide bonds. The molecule has 1 aliphatic rings. The summed E-state index contributed by atoms with van der Waals surface area (Å²) in [5.41, 5.74) is 0. The quantitative estimate of drug-likeness (QED) is 0.0519. The van der Waals surface area contributed by atoms with Crippen LogP contribution >= 0.6 is 0 Å². The van der Waals surface area contributed by atoms with Crippen molar-refractivity contribution in [2.75, 3.05) is 33.9 Å². The molecule has 0 bridgehead atoms. The third kappa shape index (κ3) is 28.4. The van der Waals surface area contributed by atoms with Crippen LogP contribution in [0.2, 0.25) is 0 Å². The average molecular weight is 656 g/mol. The highest BCUT2D eigenvalue weighted by atomic mass is 16.7. The lowest BCUT2D eigenvalue weighted by Crippen LogP contribution is -2.44. The first-order valence-corrected chi connectivity index (χ1v) is 20.6. The average Bonchev–Trinajstić information content (AvgIpc) is 3.07. The van der Waals surface area contributed by atoms with E-state index >= 15 is 0 Å². The Bertz CT molecular complexity index is 709. The molecule has 0 radical (unpaired) electrons. The van der Waals surface area contributed by atoms with Crippen molar-refractivity contribution in [1.82, 2.24) is 4.90 Å². The van der Waals surface area contributed by atoms with Gasteiger partial charge in [-0.25, -0.2) is 0 Å². The standard InChI is InChI=1S/C44H81NO2/c1-5-7-9-11-13-15-17-19-21-23-25-27-29-31-33-35-38-44(46-41-43(42-47-44)37-40-45(3)4)39-36-34-32-30-28-26-24-22-20-18-16-14-12-10-8-6-2/h13-16,19-22,43H,5-12,17-18,23-42H2,1-4H3/b15-13-,16-14-,21-19-,22-20-. The molecule has 0 atom stereocenters. The number of unbranched alkanes of at least 4 members (excludes halogenated alkanes) is 18. The molecule has 0 aliphatic carbocycles. The molecular weight excluding hydrogens is 574 g/mol. The van der Waals surface area contributed by atoms with Gasteiger partial charge in [0.1, 0.15) is 0 Å². The maximum atomic E-state index is 6.59. The summed E-state index contributed by atoms with van der Waals surface area (Å²) in [6, 6.07) is 0. The fraction of sp³-hybridized carbons (Fsp3) is 0.818. The van der Waals surface area contributed by atoms with Crippen LogP contribution in [0.25, 0.3) is 0 Å². The predicted molar refractivity (Wildman–Crippen MR) is 209 cm³/mol. The Labute approximate surface area is 295 Å². The zero-order chi connectivity index (χ0) is 33.9. The normalized spacial score (nSPS) is 15.9. The van der Waals surface area contributed by atoms with Crippen molar-refractivity contribution in [3.8, 4) is 0 Å². The smallest absolute Gasteiger partial charge is 0.168 e. The summed E-state index contributed by atoms with van der Waals surface area (Å²) < 4.78 is 13.2. The molecule has 0 saturated carbocycles. The van der Waals surface area contributed by atoms with Crippen LogP contribution in [0.1, 0.15) is 187 Å². The predicted octanol–water partition coefficient (Wildman–Crippen LogP) is 13.7. The third-order valence-corrected chi connectivity index (χ3v) is 9.67. The van der Waals surface area contributed by atoms with Crippen molar-refractivity contribution < 1.29 is 9.47 Å². The van der Waals surface area contributed by atoms with E-state index in [2.05, 4.69) is 81.5 Å². The van der Waals surface area contributed by atoms with Gasteiger partial charge in [-0.1, -0.05) is 140 Å². The molecule has 1 aliphatic heterocycles. The van der Waals surface area contributed by atoms with Crippen LogP contribution in [0.3, 0.4) is 0 Å². The Morgan fingerprint density at radius 3 is 1.23 bits per heavy atom. The minimum Gasteiger partial charge on any atom is -0.350 e. The lowest BCUT2D eigenvalue weighted by atomic mass is 9.96. The van der Waals surface area contributed by atoms with Gasteiger partial charge in [-0.3, -0.25) is 0 Å². The molecule has 0 aromatic rings. The van der Waals surface area contributed by atoms with Crippen molar-refractivity contribution >= 4 is 0 Å². The first-order valence-electron chi connectivity index (χ1n) is 20.6. The van der Waals surface area contributed by atoms with Crippen LogP contribution in [-0.4, -0.2) is 44.5 Å². The summed E-state index contributed by atoms with van der Waals surface area (Å²) in [4.78, 5) is 2.27. The van der Waals surface area contributed by atoms with Crippen molar-refractivity contribution in [3.05, 3.63) is 48.6 Å². The summed E-state index contributed by atoms with van der Waals surface area (Å²) in [7, 11) is 4.32. The molecule has 1 saturated heterocycles. The van der Waals surface area contributed by atoms with Crippen LogP contribution in [0.15, 0.2) is 48.6 Å². The molecule has 1 fully saturated rings. The molecule has 274 valence electrons. The van der Waals surface area contributed by atoms with Gasteiger partial charge in [0.2, 0.25) is 0 Å². The summed E-state index contributed by atoms with van der Waals surface area (Å²) in [6.45, 7) is 7.40. The third-order valence-electron chi connectivity index (χ3n) is 9.67. The van der Waals surface area contributed by atoms with Gasteiger partial charge in [0, 0.05) is 18.8 Å². The second-order valence-corrected chi connectivity index (χ2v) is 14.7. The zero-order valence-corrected chi connectivity index (χ0v) is 32.2. The van der Waals surface area contributed by atoms with Crippen LogP contribution in [0.4, 0.5) is 0 Å². The minimum atomic E-state index is -0.320. The van der Waals surface area contributed by atoms with Crippen LogP contribution in [0.5, 0.6) is 0 Å². The molecule has 0 N–H and O–H groups in total. The SMILES string of the molecule is CCCCC/C=C\C/C=C\CCCCCCCCC1(CCCCCCCC/C=C\C/C=C\CCCCC)OCC(CCN(C)C)CO1. The lowest BCUT2D eigenvalue weighted by molar-refractivity contribution is -0.290. The van der Waals surface area contributed by atoms with Gasteiger partial charge >= 0.3 is 0 Å². The van der Waals surface area contributed by atoms with Gasteiger partial charge in [-0.05, 0) is 104 Å². The number of ether oxygens (including phenoxy) is 2. The van der Waals surface area contributed by atoms with Crippen molar-refractivity contribution in [2.45, 2.75) is 193 Å². The fourth-order valence-electron chi connectivity index (χ4n) is 6.42. The van der Waals surface area contributed by atoms with Gasteiger partial charge in [0.25, 0.3) is 0 Å². The van der Waals surface area contributed by atoms with Gasteiger partial charge < -0.3 is 14.4 Å². The van der Waals surface area contributed by atoms with Gasteiger partial charge in [0.05, 0.1) is 13.2 Å². The number of hydrogen-bond acceptors (Lipinski definition) is 3. The lowest BCUT2D eigenvalue weighted by Gasteiger charge is -2.41. The monoisotopic (exact) mass is 656 g/mol. The van der Waals surface area contributed by atoms with Crippen LogP contribution in [-0.2, 0) is 9.47 Å². The number of nitrogens with zero attached hydrogens (tertiary/aromatic N) is 1. The van der Waals surface area contributed by atoms with E-state index in [1.807, 2.05) is 0 Å². The number of allylic oxidation sites excluding steroid dienone is 8. The highest BCUT2D eigenvalue weighted by Crippen LogP contribution is 2.33. The molecule has 0 aromatic heterocycles. The Hall–Kier alpha value is -1.16. The number of hydrogen-bond donors (Lipinski definition) is 0. The summed E-state index contributed by atoms with van der Waals surface area (Å²) in [6.07, 6.45) is 53.2. The van der Waals surface area contributed by atoms with Gasteiger partial charge in [-0.15, -0.1) is 0 Å². The van der Waals surface area contributed by atoms with E-state index in [0.29, 0.717) is 5.92 Å². The molecular formula is C44H81NO2. The Morgan fingerprint density at radius 1 is 0.489 bits per heavy atom. The molecule has 3 nitrogen and oxygen atoms in total. The Kier molecular flexibility index (Phi) is 31.1. The fourth-order valence-corrected chi connectivity index (χ4v) is 6.42. The van der Waals surface area contributed by atoms with E-state index in [1.54, 1.807) is 0 Å². The van der Waals surface area contributed by atoms with Crippen molar-refractivity contribution in [3.63, 3.8) is 0 Å². The van der Waals surface area contributed by atoms with E-state index in [1.165, 1.54) is 148 Å². The topological polar surface area (TPSA) is 21.7 Å². The molecule has 0 aromatic carbocycles. The molecule has 0 unspecified atom stereocenters. The first kappa shape index (κ1) is 43.9. The first-order chi connectivity index (χ1) is 23.1. The van der Waals surface area contributed by atoms with Gasteiger partial charge in [0.15, 0.2) is 5.79 Å². The van der Waals surface area contributed by atoms with E-state index < -0.39 is 0 Å². The zero-order valence-electron chi connectivity index (χ0n) is 32.2. The van der Waals surface area contributed by atoms with E-state index in [-0.39, 0.29) is 5.79 Å². The largest absolute Gasteiger partial charge is 0.350 e. The Balaban J connectivity index is 2.19. The van der Waals surface area contributed by atoms with Crippen molar-refractivity contribution in [2.24, 2.45) is 5.92 Å². The van der Waals surface area contributed by atoms with E-state index in [0.717, 1.165) is 45.4 Å². The molecule has 3 heteroatoms. The highest BCUT2D eigenvalue weighted by Gasteiger charge is 2.36. The van der Waals surface area contributed by atoms with Crippen LogP contribution < -0.4 is 0 Å². The van der Waals surface area contributed by atoms with Crippen LogP contribution in [0, 0.1) is 5.92 Å². The minimum absolute atomic E-state index is 0.320. The molecule has 1 heterocycles. The number of rotatable bonds is 33. The Morgan fingerprint density at radius 2 is 0.851 bits per heavy atom. The van der Waals surface area contributed by atoms with E-state index in [4.69, 9.17) is 9.47 Å². The second kappa shape index (κ2) is 33.3. The second-order valence-electron chi connectivity index (χ2n) is 14.7. The molecule has 47 heavy (non-hydrogen) atoms. The van der Waals surface area contributed by atoms with Gasteiger partial charge in [-0.2, -0.15) is 0 Å². The molecule has 0 spiro atoms.